The van der Waals surface area contributed by atoms with Crippen LogP contribution in [0.4, 0.5) is 0 Å². The third-order valence-electron chi connectivity index (χ3n) is 3.60. The molecule has 1 aliphatic rings. The van der Waals surface area contributed by atoms with Crippen molar-refractivity contribution in [3.05, 3.63) is 34.9 Å². The summed E-state index contributed by atoms with van der Waals surface area (Å²) in [6, 6.07) is 7.02. The van der Waals surface area contributed by atoms with E-state index in [0.717, 1.165) is 13.0 Å². The van der Waals surface area contributed by atoms with Crippen LogP contribution in [-0.4, -0.2) is 6.54 Å². The van der Waals surface area contributed by atoms with Gasteiger partial charge >= 0.3 is 0 Å². The standard InChI is InChI=1S/C14H21N/c1-2-11(10-15)8-12-6-7-13-4-3-5-14(13)9-12/h6-7,9,11H,2-5,8,10,15H2,1H3. The molecule has 15 heavy (non-hydrogen) atoms. The first-order valence-electron chi connectivity index (χ1n) is 6.14. The Bertz CT molecular complexity index is 326. The molecule has 1 aliphatic carbocycles. The van der Waals surface area contributed by atoms with Crippen molar-refractivity contribution in [3.8, 4) is 0 Å². The van der Waals surface area contributed by atoms with Gasteiger partial charge in [0.2, 0.25) is 0 Å². The first-order chi connectivity index (χ1) is 7.33. The van der Waals surface area contributed by atoms with Gasteiger partial charge in [-0.1, -0.05) is 31.5 Å². The van der Waals surface area contributed by atoms with E-state index in [0.29, 0.717) is 5.92 Å². The quantitative estimate of drug-likeness (QED) is 0.800. The van der Waals surface area contributed by atoms with Gasteiger partial charge < -0.3 is 5.73 Å². The molecule has 0 radical (unpaired) electrons. The molecule has 0 aromatic heterocycles. The molecule has 2 N–H and O–H groups in total. The second kappa shape index (κ2) is 4.80. The van der Waals surface area contributed by atoms with Gasteiger partial charge in [-0.25, -0.2) is 0 Å². The molecule has 0 spiro atoms. The predicted molar refractivity (Wildman–Crippen MR) is 65.0 cm³/mol. The zero-order chi connectivity index (χ0) is 10.7. The first-order valence-corrected chi connectivity index (χ1v) is 6.14. The van der Waals surface area contributed by atoms with Crippen LogP contribution in [0.5, 0.6) is 0 Å². The van der Waals surface area contributed by atoms with Crippen LogP contribution < -0.4 is 5.73 Å². The Morgan fingerprint density at radius 1 is 1.27 bits per heavy atom. The van der Waals surface area contributed by atoms with Crippen molar-refractivity contribution in [2.45, 2.75) is 39.0 Å². The SMILES string of the molecule is CCC(CN)Cc1ccc2c(c1)CCC2. The minimum atomic E-state index is 0.657. The summed E-state index contributed by atoms with van der Waals surface area (Å²) in [5, 5.41) is 0. The molecule has 1 heteroatoms. The lowest BCUT2D eigenvalue weighted by atomic mass is 9.95. The van der Waals surface area contributed by atoms with E-state index in [1.807, 2.05) is 0 Å². The zero-order valence-electron chi connectivity index (χ0n) is 9.63. The summed E-state index contributed by atoms with van der Waals surface area (Å²) in [5.41, 5.74) is 10.4. The summed E-state index contributed by atoms with van der Waals surface area (Å²) in [4.78, 5) is 0. The van der Waals surface area contributed by atoms with E-state index in [-0.39, 0.29) is 0 Å². The molecule has 1 aromatic carbocycles. The lowest BCUT2D eigenvalue weighted by Crippen LogP contribution is -2.15. The smallest absolute Gasteiger partial charge is 0.00458 e. The molecule has 0 saturated heterocycles. The van der Waals surface area contributed by atoms with Gasteiger partial charge in [0, 0.05) is 0 Å². The van der Waals surface area contributed by atoms with Gasteiger partial charge in [0.15, 0.2) is 0 Å². The van der Waals surface area contributed by atoms with Crippen LogP contribution in [0.3, 0.4) is 0 Å². The number of rotatable bonds is 4. The van der Waals surface area contributed by atoms with Crippen LogP contribution in [0.2, 0.25) is 0 Å². The van der Waals surface area contributed by atoms with E-state index in [9.17, 15) is 0 Å². The highest BCUT2D eigenvalue weighted by atomic mass is 14.5. The van der Waals surface area contributed by atoms with Gasteiger partial charge in [-0.2, -0.15) is 0 Å². The lowest BCUT2D eigenvalue weighted by molar-refractivity contribution is 0.518. The van der Waals surface area contributed by atoms with Crippen LogP contribution in [0.1, 0.15) is 36.5 Å². The molecule has 1 aromatic rings. The van der Waals surface area contributed by atoms with Crippen molar-refractivity contribution in [1.29, 1.82) is 0 Å². The van der Waals surface area contributed by atoms with Crippen LogP contribution >= 0.6 is 0 Å². The Morgan fingerprint density at radius 3 is 2.80 bits per heavy atom. The van der Waals surface area contributed by atoms with Gasteiger partial charge in [0.25, 0.3) is 0 Å². The van der Waals surface area contributed by atoms with Crippen molar-refractivity contribution < 1.29 is 0 Å². The molecular weight excluding hydrogens is 182 g/mol. The van der Waals surface area contributed by atoms with Crippen LogP contribution in [0.25, 0.3) is 0 Å². The molecule has 0 aliphatic heterocycles. The maximum absolute atomic E-state index is 5.74. The van der Waals surface area contributed by atoms with E-state index in [1.165, 1.54) is 31.2 Å². The maximum atomic E-state index is 5.74. The Hall–Kier alpha value is -0.820. The summed E-state index contributed by atoms with van der Waals surface area (Å²) < 4.78 is 0. The average molecular weight is 203 g/mol. The molecule has 1 unspecified atom stereocenters. The van der Waals surface area contributed by atoms with Gasteiger partial charge in [-0.3, -0.25) is 0 Å². The highest BCUT2D eigenvalue weighted by Gasteiger charge is 2.12. The average Bonchev–Trinajstić information content (AvgIpc) is 2.73. The first kappa shape index (κ1) is 10.7. The van der Waals surface area contributed by atoms with Crippen molar-refractivity contribution in [2.24, 2.45) is 11.7 Å². The molecule has 1 nitrogen and oxygen atoms in total. The lowest BCUT2D eigenvalue weighted by Gasteiger charge is -2.12. The van der Waals surface area contributed by atoms with E-state index in [1.54, 1.807) is 11.1 Å². The fourth-order valence-corrected chi connectivity index (χ4v) is 2.48. The molecule has 0 fully saturated rings. The molecule has 2 rings (SSSR count). The molecule has 82 valence electrons. The summed E-state index contributed by atoms with van der Waals surface area (Å²) in [6.07, 6.45) is 6.24. The molecule has 0 heterocycles. The third kappa shape index (κ3) is 2.40. The molecule has 1 atom stereocenters. The minimum absolute atomic E-state index is 0.657. The normalized spacial score (nSPS) is 16.4. The maximum Gasteiger partial charge on any atom is -0.00458 e. The third-order valence-corrected chi connectivity index (χ3v) is 3.60. The minimum Gasteiger partial charge on any atom is -0.330 e. The van der Waals surface area contributed by atoms with Crippen molar-refractivity contribution in [1.82, 2.24) is 0 Å². The number of benzene rings is 1. The Balaban J connectivity index is 2.09. The van der Waals surface area contributed by atoms with E-state index < -0.39 is 0 Å². The van der Waals surface area contributed by atoms with Crippen LogP contribution in [-0.2, 0) is 19.3 Å². The summed E-state index contributed by atoms with van der Waals surface area (Å²) >= 11 is 0. The largest absolute Gasteiger partial charge is 0.330 e. The van der Waals surface area contributed by atoms with E-state index >= 15 is 0 Å². The second-order valence-electron chi connectivity index (χ2n) is 4.67. The molecule has 0 amide bonds. The Labute approximate surface area is 92.7 Å². The van der Waals surface area contributed by atoms with Crippen molar-refractivity contribution in [2.75, 3.05) is 6.54 Å². The Morgan fingerprint density at radius 2 is 2.07 bits per heavy atom. The van der Waals surface area contributed by atoms with Crippen LogP contribution in [0.15, 0.2) is 18.2 Å². The number of aryl methyl sites for hydroxylation is 2. The van der Waals surface area contributed by atoms with Gasteiger partial charge in [-0.15, -0.1) is 0 Å². The van der Waals surface area contributed by atoms with E-state index in [2.05, 4.69) is 25.1 Å². The number of fused-ring (bicyclic) bond motifs is 1. The highest BCUT2D eigenvalue weighted by molar-refractivity contribution is 5.35. The molecule has 0 bridgehead atoms. The van der Waals surface area contributed by atoms with Gasteiger partial charge in [0.1, 0.15) is 0 Å². The Kier molecular flexibility index (Phi) is 3.42. The van der Waals surface area contributed by atoms with E-state index in [4.69, 9.17) is 5.73 Å². The number of nitrogens with two attached hydrogens (primary N) is 1. The van der Waals surface area contributed by atoms with Gasteiger partial charge in [-0.05, 0) is 54.8 Å². The molecule has 0 saturated carbocycles. The fraction of sp³-hybridized carbons (Fsp3) is 0.571. The second-order valence-corrected chi connectivity index (χ2v) is 4.67. The van der Waals surface area contributed by atoms with Crippen molar-refractivity contribution >= 4 is 0 Å². The predicted octanol–water partition coefficient (Wildman–Crippen LogP) is 2.70. The monoisotopic (exact) mass is 203 g/mol. The van der Waals surface area contributed by atoms with Crippen molar-refractivity contribution in [3.63, 3.8) is 0 Å². The summed E-state index contributed by atoms with van der Waals surface area (Å²) in [7, 11) is 0. The van der Waals surface area contributed by atoms with Crippen LogP contribution in [0, 0.1) is 5.92 Å². The topological polar surface area (TPSA) is 26.0 Å². The summed E-state index contributed by atoms with van der Waals surface area (Å²) in [5.74, 6) is 0.657. The molecular formula is C14H21N. The zero-order valence-corrected chi connectivity index (χ0v) is 9.63. The van der Waals surface area contributed by atoms with Gasteiger partial charge in [0.05, 0.1) is 0 Å². The fourth-order valence-electron chi connectivity index (χ4n) is 2.48. The highest BCUT2D eigenvalue weighted by Crippen LogP contribution is 2.24. The number of hydrogen-bond donors (Lipinski definition) is 1. The summed E-state index contributed by atoms with van der Waals surface area (Å²) in [6.45, 7) is 3.04. The number of hydrogen-bond acceptors (Lipinski definition) is 1.